The third-order valence-electron chi connectivity index (χ3n) is 10.3. The number of carbonyl (C=O) groups is 1. The molecule has 0 unspecified atom stereocenters. The average Bonchev–Trinajstić information content (AvgIpc) is 2.85. The number of Topliss-reactive ketones (excluding diaryl/α,β-unsaturated/α-hetero) is 1. The Bertz CT molecular complexity index is 1150. The Hall–Kier alpha value is -2.01. The first kappa shape index (κ1) is 30.9. The van der Waals surface area contributed by atoms with Crippen LogP contribution in [-0.2, 0) is 9.22 Å². The van der Waals surface area contributed by atoms with Gasteiger partial charge in [0.25, 0.3) is 8.32 Å². The Morgan fingerprint density at radius 3 is 2.02 bits per heavy atom. The topological polar surface area (TPSA) is 46.5 Å². The van der Waals surface area contributed by atoms with Crippen molar-refractivity contribution in [1.82, 2.24) is 0 Å². The predicted octanol–water partition coefficient (Wildman–Crippen LogP) is 7.46. The highest BCUT2D eigenvalue weighted by atomic mass is 28.4. The Kier molecular flexibility index (Phi) is 8.77. The van der Waals surface area contributed by atoms with Crippen molar-refractivity contribution in [3.8, 4) is 0 Å². The van der Waals surface area contributed by atoms with Crippen LogP contribution in [-0.4, -0.2) is 31.4 Å². The van der Waals surface area contributed by atoms with Crippen LogP contribution in [0.25, 0.3) is 0 Å². The summed E-state index contributed by atoms with van der Waals surface area (Å²) in [6, 6.07) is 21.2. The van der Waals surface area contributed by atoms with Gasteiger partial charge in [0.2, 0.25) is 0 Å². The fraction of sp³-hybridized carbons (Fsp3) is 0.583. The smallest absolute Gasteiger partial charge is 0.261 e. The third-order valence-corrected chi connectivity index (χ3v) is 15.4. The van der Waals surface area contributed by atoms with Crippen LogP contribution in [0.4, 0.5) is 0 Å². The van der Waals surface area contributed by atoms with E-state index in [9.17, 15) is 9.90 Å². The number of hydrogen-bond donors (Lipinski definition) is 1. The molecular weight excluding hydrogens is 508 g/mol. The molecule has 218 valence electrons. The van der Waals surface area contributed by atoms with E-state index in [1.54, 1.807) is 0 Å². The van der Waals surface area contributed by atoms with Crippen LogP contribution in [0.3, 0.4) is 0 Å². The molecule has 4 rings (SSSR count). The van der Waals surface area contributed by atoms with Crippen LogP contribution in [0.2, 0.25) is 5.04 Å². The molecule has 0 radical (unpaired) electrons. The summed E-state index contributed by atoms with van der Waals surface area (Å²) in [5.41, 5.74) is 0.255. The summed E-state index contributed by atoms with van der Waals surface area (Å²) in [5.74, 6) is 0.568. The number of allylic oxidation sites excluding steroid dienone is 2. The van der Waals surface area contributed by atoms with E-state index in [4.69, 9.17) is 4.43 Å². The highest BCUT2D eigenvalue weighted by molar-refractivity contribution is 6.99. The normalized spacial score (nSPS) is 26.4. The second kappa shape index (κ2) is 11.3. The van der Waals surface area contributed by atoms with E-state index in [0.717, 1.165) is 12.8 Å². The van der Waals surface area contributed by atoms with Gasteiger partial charge in [0.1, 0.15) is 5.78 Å². The zero-order chi connectivity index (χ0) is 29.4. The van der Waals surface area contributed by atoms with Crippen LogP contribution in [0.15, 0.2) is 72.3 Å². The molecule has 4 heteroatoms. The Labute approximate surface area is 244 Å². The predicted molar refractivity (Wildman–Crippen MR) is 170 cm³/mol. The van der Waals surface area contributed by atoms with Crippen LogP contribution in [0.5, 0.6) is 0 Å². The molecule has 4 atom stereocenters. The first-order chi connectivity index (χ1) is 18.6. The first-order valence-corrected chi connectivity index (χ1v) is 17.2. The molecule has 2 aromatic rings. The van der Waals surface area contributed by atoms with Crippen molar-refractivity contribution in [2.45, 2.75) is 105 Å². The molecule has 2 aliphatic carbocycles. The molecule has 0 saturated heterocycles. The molecule has 2 aliphatic rings. The molecule has 0 aromatic heterocycles. The van der Waals surface area contributed by atoms with Crippen LogP contribution in [0, 0.1) is 22.7 Å². The SMILES string of the molecule is CC1=CC[C@H]2C(C)(C)CCC[C@]2(C)[C@H]1C(=O)C[C@@](C)(O)CCO[Si](c1ccccc1)(c1ccccc1)C(C)(C)C. The van der Waals surface area contributed by atoms with E-state index in [-0.39, 0.29) is 34.0 Å². The quantitative estimate of drug-likeness (QED) is 0.256. The van der Waals surface area contributed by atoms with Gasteiger partial charge < -0.3 is 9.53 Å². The zero-order valence-electron chi connectivity index (χ0n) is 26.2. The van der Waals surface area contributed by atoms with Crippen molar-refractivity contribution in [1.29, 1.82) is 0 Å². The van der Waals surface area contributed by atoms with Crippen LogP contribution < -0.4 is 10.4 Å². The third kappa shape index (κ3) is 5.82. The van der Waals surface area contributed by atoms with Crippen molar-refractivity contribution < 1.29 is 14.3 Å². The number of hydrogen-bond acceptors (Lipinski definition) is 3. The molecule has 0 amide bonds. The van der Waals surface area contributed by atoms with Crippen molar-refractivity contribution in [2.75, 3.05) is 6.61 Å². The van der Waals surface area contributed by atoms with Gasteiger partial charge >= 0.3 is 0 Å². The summed E-state index contributed by atoms with van der Waals surface area (Å²) in [6.07, 6.45) is 7.42. The number of benzene rings is 2. The Morgan fingerprint density at radius 1 is 0.950 bits per heavy atom. The van der Waals surface area contributed by atoms with Crippen molar-refractivity contribution >= 4 is 24.5 Å². The largest absolute Gasteiger partial charge is 0.407 e. The van der Waals surface area contributed by atoms with E-state index >= 15 is 0 Å². The van der Waals surface area contributed by atoms with Gasteiger partial charge in [0, 0.05) is 18.9 Å². The lowest BCUT2D eigenvalue weighted by Crippen LogP contribution is -2.66. The summed E-state index contributed by atoms with van der Waals surface area (Å²) in [4.78, 5) is 14.0. The summed E-state index contributed by atoms with van der Waals surface area (Å²) >= 11 is 0. The van der Waals surface area contributed by atoms with E-state index in [2.05, 4.69) is 103 Å². The van der Waals surface area contributed by atoms with E-state index in [1.165, 1.54) is 28.8 Å². The summed E-state index contributed by atoms with van der Waals surface area (Å²) in [7, 11) is -2.69. The Morgan fingerprint density at radius 2 is 1.50 bits per heavy atom. The highest BCUT2D eigenvalue weighted by Crippen LogP contribution is 2.60. The molecule has 1 fully saturated rings. The monoisotopic (exact) mass is 560 g/mol. The molecule has 40 heavy (non-hydrogen) atoms. The minimum atomic E-state index is -2.69. The maximum absolute atomic E-state index is 14.0. The maximum Gasteiger partial charge on any atom is 0.261 e. The maximum atomic E-state index is 14.0. The molecule has 0 aliphatic heterocycles. The number of aliphatic hydroxyl groups is 1. The lowest BCUT2D eigenvalue weighted by Gasteiger charge is -2.56. The lowest BCUT2D eigenvalue weighted by molar-refractivity contribution is -0.136. The summed E-state index contributed by atoms with van der Waals surface area (Å²) < 4.78 is 7.04. The number of fused-ring (bicyclic) bond motifs is 1. The molecule has 0 bridgehead atoms. The van der Waals surface area contributed by atoms with Crippen molar-refractivity contribution in [3.05, 3.63) is 72.3 Å². The molecule has 3 nitrogen and oxygen atoms in total. The molecule has 0 heterocycles. The standard InChI is InChI=1S/C36H52O3Si/c1-27-20-21-31-34(5,6)22-15-23-36(31,8)32(27)30(37)26-35(7,38)24-25-39-40(33(2,3)4,28-16-11-9-12-17-28)29-18-13-10-14-19-29/h9-14,16-20,31-32,38H,15,21-26H2,1-8H3/t31-,32+,35-,36-/m0/s1. The summed E-state index contributed by atoms with van der Waals surface area (Å²) in [6.45, 7) is 18.3. The number of carbonyl (C=O) groups excluding carboxylic acids is 1. The minimum absolute atomic E-state index is 0.0425. The summed E-state index contributed by atoms with van der Waals surface area (Å²) in [5, 5.41) is 14.0. The van der Waals surface area contributed by atoms with Gasteiger partial charge in [-0.15, -0.1) is 0 Å². The fourth-order valence-electron chi connectivity index (χ4n) is 8.41. The first-order valence-electron chi connectivity index (χ1n) is 15.3. The van der Waals surface area contributed by atoms with E-state index in [0.29, 0.717) is 18.9 Å². The van der Waals surface area contributed by atoms with Gasteiger partial charge in [-0.05, 0) is 71.7 Å². The van der Waals surface area contributed by atoms with Crippen LogP contribution in [0.1, 0.15) is 93.9 Å². The van der Waals surface area contributed by atoms with Gasteiger partial charge in [0.05, 0.1) is 5.60 Å². The van der Waals surface area contributed by atoms with Gasteiger partial charge in [-0.1, -0.05) is 120 Å². The fourth-order valence-corrected chi connectivity index (χ4v) is 13.0. The van der Waals surface area contributed by atoms with Gasteiger partial charge in [-0.2, -0.15) is 0 Å². The van der Waals surface area contributed by atoms with E-state index in [1.807, 2.05) is 19.1 Å². The van der Waals surface area contributed by atoms with Gasteiger partial charge in [-0.25, -0.2) is 0 Å². The number of ketones is 1. The highest BCUT2D eigenvalue weighted by Gasteiger charge is 2.54. The average molecular weight is 561 g/mol. The Balaban J connectivity index is 1.55. The van der Waals surface area contributed by atoms with Gasteiger partial charge in [-0.3, -0.25) is 4.79 Å². The molecule has 1 saturated carbocycles. The van der Waals surface area contributed by atoms with Crippen LogP contribution >= 0.6 is 0 Å². The van der Waals surface area contributed by atoms with Crippen molar-refractivity contribution in [3.63, 3.8) is 0 Å². The second-order valence-corrected chi connectivity index (χ2v) is 19.2. The minimum Gasteiger partial charge on any atom is -0.407 e. The van der Waals surface area contributed by atoms with E-state index < -0.39 is 13.9 Å². The number of rotatable bonds is 9. The lowest BCUT2D eigenvalue weighted by atomic mass is 9.48. The molecule has 0 spiro atoms. The van der Waals surface area contributed by atoms with Crippen molar-refractivity contribution in [2.24, 2.45) is 22.7 Å². The molecule has 2 aromatic carbocycles. The molecular formula is C36H52O3Si. The van der Waals surface area contributed by atoms with Gasteiger partial charge in [0.15, 0.2) is 0 Å². The second-order valence-electron chi connectivity index (χ2n) is 14.9. The zero-order valence-corrected chi connectivity index (χ0v) is 27.2. The molecule has 1 N–H and O–H groups in total.